The number of hydrogen-bond acceptors (Lipinski definition) is 6. The molecule has 0 fully saturated rings. The SMILES string of the molecule is CC(=O)NCCC(=O)OCC(=O)Nc1cc(C)c(C)cc1[N+](=O)[O-]. The molecule has 9 heteroatoms. The zero-order valence-electron chi connectivity index (χ0n) is 13.7. The minimum Gasteiger partial charge on any atom is -0.456 e. The number of amides is 2. The summed E-state index contributed by atoms with van der Waals surface area (Å²) in [5, 5.41) is 15.8. The van der Waals surface area contributed by atoms with Gasteiger partial charge in [-0.25, -0.2) is 0 Å². The largest absolute Gasteiger partial charge is 0.456 e. The molecule has 1 aromatic carbocycles. The number of esters is 1. The second kappa shape index (κ2) is 8.61. The molecule has 0 saturated carbocycles. The molecule has 0 bridgehead atoms. The molecule has 1 aromatic rings. The van der Waals surface area contributed by atoms with Gasteiger partial charge in [0, 0.05) is 19.5 Å². The van der Waals surface area contributed by atoms with Crippen molar-refractivity contribution in [3.8, 4) is 0 Å². The Morgan fingerprint density at radius 2 is 1.83 bits per heavy atom. The normalized spacial score (nSPS) is 9.96. The Kier molecular flexibility index (Phi) is 6.84. The Morgan fingerprint density at radius 3 is 2.42 bits per heavy atom. The van der Waals surface area contributed by atoms with E-state index in [0.717, 1.165) is 11.1 Å². The first-order chi connectivity index (χ1) is 11.2. The Bertz CT molecular complexity index is 671. The molecule has 0 unspecified atom stereocenters. The Balaban J connectivity index is 2.59. The van der Waals surface area contributed by atoms with Crippen LogP contribution in [0.3, 0.4) is 0 Å². The number of aryl methyl sites for hydroxylation is 2. The number of nitro groups is 1. The van der Waals surface area contributed by atoms with Crippen molar-refractivity contribution >= 4 is 29.2 Å². The summed E-state index contributed by atoms with van der Waals surface area (Å²) in [6, 6.07) is 2.86. The average Bonchev–Trinajstić information content (AvgIpc) is 2.48. The quantitative estimate of drug-likeness (QED) is 0.437. The zero-order valence-corrected chi connectivity index (χ0v) is 13.7. The Morgan fingerprint density at radius 1 is 1.21 bits per heavy atom. The molecule has 130 valence electrons. The lowest BCUT2D eigenvalue weighted by Crippen LogP contribution is -2.26. The maximum Gasteiger partial charge on any atom is 0.308 e. The summed E-state index contributed by atoms with van der Waals surface area (Å²) in [5.41, 5.74) is 1.32. The molecule has 2 N–H and O–H groups in total. The lowest BCUT2D eigenvalue weighted by molar-refractivity contribution is -0.384. The van der Waals surface area contributed by atoms with Crippen LogP contribution in [-0.2, 0) is 19.1 Å². The fraction of sp³-hybridized carbons (Fsp3) is 0.400. The van der Waals surface area contributed by atoms with Gasteiger partial charge in [-0.1, -0.05) is 0 Å². The van der Waals surface area contributed by atoms with Gasteiger partial charge >= 0.3 is 5.97 Å². The molecule has 9 nitrogen and oxygen atoms in total. The van der Waals surface area contributed by atoms with Crippen molar-refractivity contribution in [3.05, 3.63) is 33.4 Å². The highest BCUT2D eigenvalue weighted by molar-refractivity contribution is 5.95. The van der Waals surface area contributed by atoms with Crippen LogP contribution < -0.4 is 10.6 Å². The van der Waals surface area contributed by atoms with Gasteiger partial charge in [0.05, 0.1) is 11.3 Å². The second-order valence-electron chi connectivity index (χ2n) is 5.15. The number of carbonyl (C=O) groups excluding carboxylic acids is 3. The van der Waals surface area contributed by atoms with Gasteiger partial charge < -0.3 is 15.4 Å². The number of hydrogen-bond donors (Lipinski definition) is 2. The monoisotopic (exact) mass is 337 g/mol. The van der Waals surface area contributed by atoms with Crippen molar-refractivity contribution in [3.63, 3.8) is 0 Å². The number of nitro benzene ring substituents is 1. The number of benzene rings is 1. The standard InChI is InChI=1S/C15H19N3O6/c1-9-6-12(13(18(22)23)7-10(9)2)17-14(20)8-24-15(21)4-5-16-11(3)19/h6-7H,4-5,8H2,1-3H3,(H,16,19)(H,17,20). The van der Waals surface area contributed by atoms with E-state index >= 15 is 0 Å². The molecule has 0 heterocycles. The summed E-state index contributed by atoms with van der Waals surface area (Å²) in [4.78, 5) is 44.3. The number of anilines is 1. The van der Waals surface area contributed by atoms with Crippen LogP contribution in [0.5, 0.6) is 0 Å². The van der Waals surface area contributed by atoms with E-state index in [0.29, 0.717) is 0 Å². The van der Waals surface area contributed by atoms with Crippen molar-refractivity contribution in [2.45, 2.75) is 27.2 Å². The molecule has 0 aromatic heterocycles. The second-order valence-corrected chi connectivity index (χ2v) is 5.15. The highest BCUT2D eigenvalue weighted by atomic mass is 16.6. The summed E-state index contributed by atoms with van der Waals surface area (Å²) in [5.74, 6) is -1.62. The molecule has 0 aliphatic rings. The maximum absolute atomic E-state index is 11.8. The Labute approximate surface area is 138 Å². The molecule has 0 aliphatic heterocycles. The molecular formula is C15H19N3O6. The lowest BCUT2D eigenvalue weighted by Gasteiger charge is -2.09. The summed E-state index contributed by atoms with van der Waals surface area (Å²) in [6.07, 6.45) is -0.0728. The third-order valence-electron chi connectivity index (χ3n) is 3.15. The first-order valence-electron chi connectivity index (χ1n) is 7.16. The first-order valence-corrected chi connectivity index (χ1v) is 7.16. The molecule has 0 spiro atoms. The summed E-state index contributed by atoms with van der Waals surface area (Å²) >= 11 is 0. The first kappa shape index (κ1) is 19.1. The van der Waals surface area contributed by atoms with E-state index in [1.807, 2.05) is 0 Å². The van der Waals surface area contributed by atoms with Crippen molar-refractivity contribution in [1.82, 2.24) is 5.32 Å². The minimum absolute atomic E-state index is 0.0439. The fourth-order valence-electron chi connectivity index (χ4n) is 1.80. The van der Waals surface area contributed by atoms with Crippen LogP contribution in [0.4, 0.5) is 11.4 Å². The van der Waals surface area contributed by atoms with E-state index in [1.165, 1.54) is 19.1 Å². The third-order valence-corrected chi connectivity index (χ3v) is 3.15. The fourth-order valence-corrected chi connectivity index (χ4v) is 1.80. The number of nitrogens with zero attached hydrogens (tertiary/aromatic N) is 1. The van der Waals surface area contributed by atoms with Gasteiger partial charge in [0.1, 0.15) is 5.69 Å². The number of nitrogens with one attached hydrogen (secondary N) is 2. The van der Waals surface area contributed by atoms with Gasteiger partial charge in [-0.2, -0.15) is 0 Å². The molecule has 0 atom stereocenters. The number of rotatable bonds is 7. The topological polar surface area (TPSA) is 128 Å². The minimum atomic E-state index is -0.686. The van der Waals surface area contributed by atoms with Gasteiger partial charge in [0.15, 0.2) is 6.61 Å². The summed E-state index contributed by atoms with van der Waals surface area (Å²) in [6.45, 7) is 4.35. The van der Waals surface area contributed by atoms with Crippen LogP contribution in [0.1, 0.15) is 24.5 Å². The smallest absolute Gasteiger partial charge is 0.308 e. The predicted molar refractivity (Wildman–Crippen MR) is 85.5 cm³/mol. The molecule has 0 saturated heterocycles. The zero-order chi connectivity index (χ0) is 18.3. The average molecular weight is 337 g/mol. The van der Waals surface area contributed by atoms with Crippen molar-refractivity contribution < 1.29 is 24.0 Å². The van der Waals surface area contributed by atoms with E-state index in [2.05, 4.69) is 10.6 Å². The number of carbonyl (C=O) groups is 3. The predicted octanol–water partition coefficient (Wildman–Crippen LogP) is 1.22. The van der Waals surface area contributed by atoms with E-state index < -0.39 is 23.4 Å². The summed E-state index contributed by atoms with van der Waals surface area (Å²) in [7, 11) is 0. The van der Waals surface area contributed by atoms with Crippen LogP contribution in [0.15, 0.2) is 12.1 Å². The molecule has 24 heavy (non-hydrogen) atoms. The van der Waals surface area contributed by atoms with Crippen LogP contribution >= 0.6 is 0 Å². The van der Waals surface area contributed by atoms with Gasteiger partial charge in [-0.15, -0.1) is 0 Å². The van der Waals surface area contributed by atoms with Crippen LogP contribution in [0, 0.1) is 24.0 Å². The van der Waals surface area contributed by atoms with Crippen molar-refractivity contribution in [1.29, 1.82) is 0 Å². The highest BCUT2D eigenvalue weighted by Gasteiger charge is 2.18. The molecular weight excluding hydrogens is 318 g/mol. The van der Waals surface area contributed by atoms with Gasteiger partial charge in [-0.05, 0) is 31.0 Å². The van der Waals surface area contributed by atoms with Crippen LogP contribution in [-0.4, -0.2) is 35.9 Å². The van der Waals surface area contributed by atoms with E-state index in [9.17, 15) is 24.5 Å². The van der Waals surface area contributed by atoms with E-state index in [-0.39, 0.29) is 30.2 Å². The van der Waals surface area contributed by atoms with Gasteiger partial charge in [0.25, 0.3) is 11.6 Å². The van der Waals surface area contributed by atoms with Gasteiger partial charge in [0.2, 0.25) is 5.91 Å². The molecule has 0 aliphatic carbocycles. The lowest BCUT2D eigenvalue weighted by atomic mass is 10.1. The van der Waals surface area contributed by atoms with Crippen molar-refractivity contribution in [2.24, 2.45) is 0 Å². The number of ether oxygens (including phenoxy) is 1. The molecule has 1 rings (SSSR count). The van der Waals surface area contributed by atoms with Crippen molar-refractivity contribution in [2.75, 3.05) is 18.5 Å². The van der Waals surface area contributed by atoms with E-state index in [1.54, 1.807) is 13.8 Å². The molecule has 0 radical (unpaired) electrons. The van der Waals surface area contributed by atoms with E-state index in [4.69, 9.17) is 4.74 Å². The molecule has 2 amide bonds. The Hall–Kier alpha value is -2.97. The summed E-state index contributed by atoms with van der Waals surface area (Å²) < 4.78 is 4.74. The van der Waals surface area contributed by atoms with Crippen LogP contribution in [0.2, 0.25) is 0 Å². The maximum atomic E-state index is 11.8. The van der Waals surface area contributed by atoms with Crippen LogP contribution in [0.25, 0.3) is 0 Å². The highest BCUT2D eigenvalue weighted by Crippen LogP contribution is 2.27. The third kappa shape index (κ3) is 6.03. The van der Waals surface area contributed by atoms with Gasteiger partial charge in [-0.3, -0.25) is 24.5 Å².